The molecule has 0 spiro atoms. The molecule has 0 atom stereocenters. The van der Waals surface area contributed by atoms with Crippen LogP contribution in [0.15, 0.2) is 22.6 Å². The first-order valence-electron chi connectivity index (χ1n) is 10.5. The smallest absolute Gasteiger partial charge is 0.290 e. The van der Waals surface area contributed by atoms with Gasteiger partial charge in [-0.05, 0) is 39.3 Å². The number of hydrogen-bond acceptors (Lipinski definition) is 6. The number of nitrogens with one attached hydrogen (secondary N) is 1. The average Bonchev–Trinajstić information content (AvgIpc) is 3.07. The van der Waals surface area contributed by atoms with Gasteiger partial charge < -0.3 is 24.1 Å². The molecule has 1 aromatic carbocycles. The number of Topliss-reactive ketones (excluding diaryl/α,β-unsaturated/α-hetero) is 1. The van der Waals surface area contributed by atoms with Crippen LogP contribution in [-0.2, 0) is 11.2 Å². The SMILES string of the molecule is CCOc1ccc(NC(=O)CN(C)C(=O)c2oc3c(c2C)C(=O)CCC3)cc1OCC. The second kappa shape index (κ2) is 9.68. The predicted molar refractivity (Wildman–Crippen MR) is 115 cm³/mol. The van der Waals surface area contributed by atoms with Gasteiger partial charge in [-0.15, -0.1) is 0 Å². The van der Waals surface area contributed by atoms with Gasteiger partial charge in [-0.3, -0.25) is 14.4 Å². The summed E-state index contributed by atoms with van der Waals surface area (Å²) in [6, 6.07) is 5.13. The van der Waals surface area contributed by atoms with Crippen molar-refractivity contribution < 1.29 is 28.3 Å². The van der Waals surface area contributed by atoms with E-state index in [-0.39, 0.29) is 24.0 Å². The Bertz CT molecular complexity index is 994. The lowest BCUT2D eigenvalue weighted by molar-refractivity contribution is -0.116. The van der Waals surface area contributed by atoms with E-state index in [4.69, 9.17) is 13.9 Å². The van der Waals surface area contributed by atoms with Gasteiger partial charge in [0.15, 0.2) is 23.0 Å². The van der Waals surface area contributed by atoms with Crippen LogP contribution < -0.4 is 14.8 Å². The highest BCUT2D eigenvalue weighted by Gasteiger charge is 2.30. The van der Waals surface area contributed by atoms with Crippen LogP contribution in [0.4, 0.5) is 5.69 Å². The number of benzene rings is 1. The topological polar surface area (TPSA) is 98.1 Å². The first-order chi connectivity index (χ1) is 14.8. The first kappa shape index (κ1) is 22.4. The molecule has 1 aliphatic rings. The third-order valence-electron chi connectivity index (χ3n) is 5.06. The van der Waals surface area contributed by atoms with Crippen LogP contribution in [0.1, 0.15) is 58.9 Å². The number of rotatable bonds is 8. The van der Waals surface area contributed by atoms with Crippen molar-refractivity contribution in [2.75, 3.05) is 32.1 Å². The number of aryl methyl sites for hydroxylation is 1. The molecule has 2 aromatic rings. The number of carbonyl (C=O) groups excluding carboxylic acids is 3. The van der Waals surface area contributed by atoms with E-state index in [0.717, 1.165) is 6.42 Å². The van der Waals surface area contributed by atoms with Crippen LogP contribution in [0.25, 0.3) is 0 Å². The van der Waals surface area contributed by atoms with Crippen LogP contribution >= 0.6 is 0 Å². The molecular weight excluding hydrogens is 400 g/mol. The summed E-state index contributed by atoms with van der Waals surface area (Å²) in [5.74, 6) is 1.02. The molecule has 31 heavy (non-hydrogen) atoms. The Hall–Kier alpha value is -3.29. The summed E-state index contributed by atoms with van der Waals surface area (Å²) in [7, 11) is 1.52. The summed E-state index contributed by atoms with van der Waals surface area (Å²) in [6.45, 7) is 6.25. The molecule has 1 N–H and O–H groups in total. The molecule has 0 aliphatic heterocycles. The molecule has 3 rings (SSSR count). The molecule has 1 aromatic heterocycles. The Morgan fingerprint density at radius 1 is 1.13 bits per heavy atom. The molecule has 1 heterocycles. The highest BCUT2D eigenvalue weighted by atomic mass is 16.5. The Balaban J connectivity index is 1.68. The standard InChI is InChI=1S/C23H28N2O6/c1-5-29-17-11-10-15(12-19(17)30-6-2)24-20(27)13-25(4)23(28)22-14(3)21-16(26)8-7-9-18(21)31-22/h10-12H,5-9,13H2,1-4H3,(H,24,27). The highest BCUT2D eigenvalue weighted by molar-refractivity contribution is 6.04. The van der Waals surface area contributed by atoms with Gasteiger partial charge in [-0.25, -0.2) is 0 Å². The fraction of sp³-hybridized carbons (Fsp3) is 0.435. The largest absolute Gasteiger partial charge is 0.490 e. The summed E-state index contributed by atoms with van der Waals surface area (Å²) in [4.78, 5) is 38.8. The van der Waals surface area contributed by atoms with E-state index in [0.29, 0.717) is 60.1 Å². The minimum Gasteiger partial charge on any atom is -0.490 e. The predicted octanol–water partition coefficient (Wildman–Crippen LogP) is 3.62. The number of likely N-dealkylation sites (N-methyl/N-ethyl adjacent to an activating group) is 1. The summed E-state index contributed by atoms with van der Waals surface area (Å²) >= 11 is 0. The van der Waals surface area contributed by atoms with E-state index >= 15 is 0 Å². The van der Waals surface area contributed by atoms with Gasteiger partial charge in [0, 0.05) is 37.2 Å². The van der Waals surface area contributed by atoms with Crippen molar-refractivity contribution in [3.63, 3.8) is 0 Å². The van der Waals surface area contributed by atoms with Gasteiger partial charge in [0.25, 0.3) is 5.91 Å². The zero-order valence-electron chi connectivity index (χ0n) is 18.4. The van der Waals surface area contributed by atoms with Gasteiger partial charge in [-0.1, -0.05) is 0 Å². The molecule has 0 radical (unpaired) electrons. The fourth-order valence-corrected chi connectivity index (χ4v) is 3.64. The number of amides is 2. The number of ketones is 1. The van der Waals surface area contributed by atoms with Crippen LogP contribution in [-0.4, -0.2) is 49.3 Å². The minimum atomic E-state index is -0.434. The number of nitrogens with zero attached hydrogens (tertiary/aromatic N) is 1. The Morgan fingerprint density at radius 2 is 1.84 bits per heavy atom. The van der Waals surface area contributed by atoms with Gasteiger partial charge in [0.1, 0.15) is 5.76 Å². The number of ether oxygens (including phenoxy) is 2. The molecule has 8 heteroatoms. The van der Waals surface area contributed by atoms with Crippen molar-refractivity contribution in [1.29, 1.82) is 0 Å². The van der Waals surface area contributed by atoms with Gasteiger partial charge >= 0.3 is 0 Å². The maximum Gasteiger partial charge on any atom is 0.290 e. The highest BCUT2D eigenvalue weighted by Crippen LogP contribution is 2.31. The van der Waals surface area contributed by atoms with Gasteiger partial charge in [0.2, 0.25) is 5.91 Å². The quantitative estimate of drug-likeness (QED) is 0.690. The Labute approximate surface area is 181 Å². The van der Waals surface area contributed by atoms with Crippen molar-refractivity contribution >= 4 is 23.3 Å². The van der Waals surface area contributed by atoms with Crippen LogP contribution in [0.2, 0.25) is 0 Å². The fourth-order valence-electron chi connectivity index (χ4n) is 3.64. The summed E-state index contributed by atoms with van der Waals surface area (Å²) in [5, 5.41) is 2.76. The van der Waals surface area contributed by atoms with E-state index in [9.17, 15) is 14.4 Å². The van der Waals surface area contributed by atoms with E-state index in [1.165, 1.54) is 11.9 Å². The maximum atomic E-state index is 12.8. The number of furan rings is 1. The molecule has 2 amide bonds. The van der Waals surface area contributed by atoms with E-state index in [1.54, 1.807) is 25.1 Å². The zero-order valence-corrected chi connectivity index (χ0v) is 18.4. The molecule has 8 nitrogen and oxygen atoms in total. The third kappa shape index (κ3) is 4.90. The van der Waals surface area contributed by atoms with Crippen molar-refractivity contribution in [1.82, 2.24) is 4.90 Å². The normalized spacial score (nSPS) is 12.8. The Kier molecular flexibility index (Phi) is 6.99. The van der Waals surface area contributed by atoms with Crippen molar-refractivity contribution in [2.24, 2.45) is 0 Å². The van der Waals surface area contributed by atoms with Crippen LogP contribution in [0.5, 0.6) is 11.5 Å². The summed E-state index contributed by atoms with van der Waals surface area (Å²) < 4.78 is 16.8. The molecule has 0 saturated heterocycles. The number of hydrogen-bond donors (Lipinski definition) is 1. The number of anilines is 1. The lowest BCUT2D eigenvalue weighted by atomic mass is 9.94. The number of fused-ring (bicyclic) bond motifs is 1. The van der Waals surface area contributed by atoms with Crippen LogP contribution in [0, 0.1) is 6.92 Å². The van der Waals surface area contributed by atoms with Crippen molar-refractivity contribution in [3.05, 3.63) is 40.8 Å². The van der Waals surface area contributed by atoms with Crippen molar-refractivity contribution in [3.8, 4) is 11.5 Å². The maximum absolute atomic E-state index is 12.8. The van der Waals surface area contributed by atoms with E-state index < -0.39 is 5.91 Å². The van der Waals surface area contributed by atoms with Gasteiger partial charge in [-0.2, -0.15) is 0 Å². The molecule has 0 unspecified atom stereocenters. The lowest BCUT2D eigenvalue weighted by Crippen LogP contribution is -2.35. The minimum absolute atomic E-state index is 0.00236. The van der Waals surface area contributed by atoms with Crippen LogP contribution in [0.3, 0.4) is 0 Å². The molecule has 0 bridgehead atoms. The molecule has 0 saturated carbocycles. The monoisotopic (exact) mass is 428 g/mol. The zero-order chi connectivity index (χ0) is 22.5. The second-order valence-corrected chi connectivity index (χ2v) is 7.37. The average molecular weight is 428 g/mol. The second-order valence-electron chi connectivity index (χ2n) is 7.37. The van der Waals surface area contributed by atoms with E-state index in [1.807, 2.05) is 13.8 Å². The van der Waals surface area contributed by atoms with Gasteiger partial charge in [0.05, 0.1) is 25.3 Å². The third-order valence-corrected chi connectivity index (χ3v) is 5.06. The molecule has 166 valence electrons. The first-order valence-corrected chi connectivity index (χ1v) is 10.5. The lowest BCUT2D eigenvalue weighted by Gasteiger charge is -2.17. The molecule has 1 aliphatic carbocycles. The molecule has 0 fully saturated rings. The summed E-state index contributed by atoms with van der Waals surface area (Å²) in [6.07, 6.45) is 1.82. The summed E-state index contributed by atoms with van der Waals surface area (Å²) in [5.41, 5.74) is 1.60. The van der Waals surface area contributed by atoms with E-state index in [2.05, 4.69) is 5.32 Å². The Morgan fingerprint density at radius 3 is 2.52 bits per heavy atom. The number of carbonyl (C=O) groups is 3. The molecular formula is C23H28N2O6. The van der Waals surface area contributed by atoms with Crippen molar-refractivity contribution in [2.45, 2.75) is 40.0 Å².